The van der Waals surface area contributed by atoms with Crippen molar-refractivity contribution in [3.8, 4) is 0 Å². The van der Waals surface area contributed by atoms with Crippen LogP contribution in [0.2, 0.25) is 0 Å². The quantitative estimate of drug-likeness (QED) is 0.565. The molecule has 1 aromatic heterocycles. The monoisotopic (exact) mass is 367 g/mol. The van der Waals surface area contributed by atoms with E-state index in [-0.39, 0.29) is 6.10 Å². The number of hydrogen-bond acceptors (Lipinski definition) is 5. The number of aromatic nitrogens is 1. The Balaban J connectivity index is 1.79. The van der Waals surface area contributed by atoms with Crippen molar-refractivity contribution in [1.82, 2.24) is 20.1 Å². The van der Waals surface area contributed by atoms with Crippen molar-refractivity contribution in [3.05, 3.63) is 16.1 Å². The van der Waals surface area contributed by atoms with Crippen LogP contribution in [-0.2, 0) is 11.3 Å². The first-order chi connectivity index (χ1) is 12.0. The first-order valence-electron chi connectivity index (χ1n) is 9.14. The summed E-state index contributed by atoms with van der Waals surface area (Å²) < 4.78 is 5.34. The normalized spacial score (nSPS) is 18.4. The van der Waals surface area contributed by atoms with Crippen molar-refractivity contribution in [1.29, 1.82) is 0 Å². The maximum Gasteiger partial charge on any atom is 0.193 e. The van der Waals surface area contributed by atoms with Gasteiger partial charge in [-0.1, -0.05) is 6.92 Å². The Morgan fingerprint density at radius 3 is 2.80 bits per heavy atom. The van der Waals surface area contributed by atoms with Gasteiger partial charge in [0.05, 0.1) is 12.2 Å². The van der Waals surface area contributed by atoms with Crippen LogP contribution < -0.4 is 5.32 Å². The third kappa shape index (κ3) is 6.24. The van der Waals surface area contributed by atoms with Gasteiger partial charge in [-0.15, -0.1) is 11.3 Å². The van der Waals surface area contributed by atoms with Crippen LogP contribution in [-0.4, -0.2) is 68.1 Å². The van der Waals surface area contributed by atoms with Crippen molar-refractivity contribution in [2.45, 2.75) is 39.3 Å². The van der Waals surface area contributed by atoms with Crippen LogP contribution in [0.1, 0.15) is 43.5 Å². The minimum Gasteiger partial charge on any atom is -0.375 e. The standard InChI is InChI=1S/C18H33N5OS/c1-14(11-23-8-6-7-9-23)10-20-18(19-3)22(4)12-16-13-25-17(21-16)15(2)24-5/h13-15H,6-12H2,1-5H3,(H,19,20). The van der Waals surface area contributed by atoms with Gasteiger partial charge in [0.1, 0.15) is 11.1 Å². The van der Waals surface area contributed by atoms with Gasteiger partial charge in [0, 0.05) is 39.7 Å². The molecule has 1 aliphatic heterocycles. The third-order valence-electron chi connectivity index (χ3n) is 4.62. The highest BCUT2D eigenvalue weighted by atomic mass is 32.1. The van der Waals surface area contributed by atoms with Crippen LogP contribution in [0.3, 0.4) is 0 Å². The van der Waals surface area contributed by atoms with Crippen molar-refractivity contribution in [2.24, 2.45) is 10.9 Å². The molecule has 1 N–H and O–H groups in total. The van der Waals surface area contributed by atoms with E-state index in [9.17, 15) is 0 Å². The molecule has 0 aliphatic carbocycles. The van der Waals surface area contributed by atoms with E-state index in [1.165, 1.54) is 25.9 Å². The number of hydrogen-bond donors (Lipinski definition) is 1. The van der Waals surface area contributed by atoms with Crippen molar-refractivity contribution >= 4 is 17.3 Å². The van der Waals surface area contributed by atoms with Crippen LogP contribution in [0.5, 0.6) is 0 Å². The van der Waals surface area contributed by atoms with E-state index < -0.39 is 0 Å². The Kier molecular flexibility index (Phi) is 8.12. The predicted molar refractivity (Wildman–Crippen MR) is 105 cm³/mol. The Hall–Kier alpha value is -1.18. The van der Waals surface area contributed by atoms with E-state index in [2.05, 4.69) is 44.4 Å². The maximum absolute atomic E-state index is 5.34. The van der Waals surface area contributed by atoms with E-state index >= 15 is 0 Å². The van der Waals surface area contributed by atoms with Crippen LogP contribution in [0, 0.1) is 5.92 Å². The van der Waals surface area contributed by atoms with Crippen LogP contribution >= 0.6 is 11.3 Å². The van der Waals surface area contributed by atoms with Gasteiger partial charge in [0.25, 0.3) is 0 Å². The van der Waals surface area contributed by atoms with E-state index in [0.717, 1.165) is 36.3 Å². The first-order valence-corrected chi connectivity index (χ1v) is 10.0. The van der Waals surface area contributed by atoms with Gasteiger partial charge >= 0.3 is 0 Å². The zero-order valence-electron chi connectivity index (χ0n) is 16.3. The van der Waals surface area contributed by atoms with Crippen molar-refractivity contribution in [3.63, 3.8) is 0 Å². The van der Waals surface area contributed by atoms with Gasteiger partial charge in [-0.25, -0.2) is 4.98 Å². The molecule has 2 atom stereocenters. The van der Waals surface area contributed by atoms with Crippen molar-refractivity contribution in [2.75, 3.05) is 47.4 Å². The summed E-state index contributed by atoms with van der Waals surface area (Å²) in [5.41, 5.74) is 1.06. The summed E-state index contributed by atoms with van der Waals surface area (Å²) in [7, 11) is 5.61. The maximum atomic E-state index is 5.34. The van der Waals surface area contributed by atoms with E-state index in [0.29, 0.717) is 5.92 Å². The third-order valence-corrected chi connectivity index (χ3v) is 5.68. The smallest absolute Gasteiger partial charge is 0.193 e. The minimum absolute atomic E-state index is 0.0490. The highest BCUT2D eigenvalue weighted by Gasteiger charge is 2.16. The lowest BCUT2D eigenvalue weighted by molar-refractivity contribution is 0.119. The lowest BCUT2D eigenvalue weighted by atomic mass is 10.1. The minimum atomic E-state index is 0.0490. The van der Waals surface area contributed by atoms with Crippen LogP contribution in [0.4, 0.5) is 0 Å². The van der Waals surface area contributed by atoms with Gasteiger partial charge in [0.2, 0.25) is 0 Å². The molecule has 2 rings (SSSR count). The summed E-state index contributed by atoms with van der Waals surface area (Å²) in [6.45, 7) is 9.68. The molecule has 0 amide bonds. The summed E-state index contributed by atoms with van der Waals surface area (Å²) in [6.07, 6.45) is 2.75. The number of likely N-dealkylation sites (tertiary alicyclic amines) is 1. The molecule has 0 saturated carbocycles. The Morgan fingerprint density at radius 1 is 1.44 bits per heavy atom. The molecular weight excluding hydrogens is 334 g/mol. The van der Waals surface area contributed by atoms with E-state index in [1.54, 1.807) is 18.4 Å². The molecule has 2 unspecified atom stereocenters. The molecule has 0 radical (unpaired) electrons. The fourth-order valence-electron chi connectivity index (χ4n) is 3.12. The number of nitrogens with zero attached hydrogens (tertiary/aromatic N) is 4. The SMILES string of the molecule is CN=C(NCC(C)CN1CCCC1)N(C)Cc1csc(C(C)OC)n1. The molecule has 6 nitrogen and oxygen atoms in total. The fraction of sp³-hybridized carbons (Fsp3) is 0.778. The number of methoxy groups -OCH3 is 1. The number of aliphatic imine (C=N–C) groups is 1. The summed E-state index contributed by atoms with van der Waals surface area (Å²) in [5, 5.41) is 6.63. The average Bonchev–Trinajstić information content (AvgIpc) is 3.26. The molecule has 1 aliphatic rings. The fourth-order valence-corrected chi connectivity index (χ4v) is 3.96. The highest BCUT2D eigenvalue weighted by Crippen LogP contribution is 2.20. The van der Waals surface area contributed by atoms with Crippen LogP contribution in [0.15, 0.2) is 10.4 Å². The zero-order valence-corrected chi connectivity index (χ0v) is 17.1. The second-order valence-corrected chi connectivity index (χ2v) is 7.84. The Morgan fingerprint density at radius 2 is 2.16 bits per heavy atom. The highest BCUT2D eigenvalue weighted by molar-refractivity contribution is 7.09. The van der Waals surface area contributed by atoms with Crippen LogP contribution in [0.25, 0.3) is 0 Å². The molecule has 0 bridgehead atoms. The number of nitrogens with one attached hydrogen (secondary N) is 1. The summed E-state index contributed by atoms with van der Waals surface area (Å²) >= 11 is 1.65. The number of thiazole rings is 1. The van der Waals surface area contributed by atoms with Gasteiger partial charge < -0.3 is 19.9 Å². The first kappa shape index (κ1) is 20.1. The summed E-state index contributed by atoms with van der Waals surface area (Å²) in [5.74, 6) is 1.53. The largest absolute Gasteiger partial charge is 0.375 e. The molecule has 7 heteroatoms. The molecule has 1 aromatic rings. The molecule has 0 aromatic carbocycles. The lowest BCUT2D eigenvalue weighted by Crippen LogP contribution is -2.42. The molecule has 1 fully saturated rings. The Bertz CT molecular complexity index is 541. The summed E-state index contributed by atoms with van der Waals surface area (Å²) in [6, 6.07) is 0. The molecule has 2 heterocycles. The lowest BCUT2D eigenvalue weighted by Gasteiger charge is -2.25. The molecular formula is C18H33N5OS. The second-order valence-electron chi connectivity index (χ2n) is 6.95. The van der Waals surface area contributed by atoms with Gasteiger partial charge in [0.15, 0.2) is 5.96 Å². The molecule has 25 heavy (non-hydrogen) atoms. The van der Waals surface area contributed by atoms with Crippen molar-refractivity contribution < 1.29 is 4.74 Å². The number of rotatable bonds is 8. The molecule has 142 valence electrons. The zero-order chi connectivity index (χ0) is 18.2. The number of guanidine groups is 1. The van der Waals surface area contributed by atoms with Gasteiger partial charge in [-0.05, 0) is 38.8 Å². The van der Waals surface area contributed by atoms with Gasteiger partial charge in [-0.2, -0.15) is 0 Å². The Labute approximate surface area is 156 Å². The topological polar surface area (TPSA) is 53.0 Å². The molecule has 0 spiro atoms. The number of ether oxygens (including phenoxy) is 1. The van der Waals surface area contributed by atoms with E-state index in [4.69, 9.17) is 4.74 Å². The average molecular weight is 368 g/mol. The second kappa shape index (κ2) is 10.1. The summed E-state index contributed by atoms with van der Waals surface area (Å²) in [4.78, 5) is 13.8. The van der Waals surface area contributed by atoms with Gasteiger partial charge in [-0.3, -0.25) is 4.99 Å². The molecule has 1 saturated heterocycles. The predicted octanol–water partition coefficient (Wildman–Crippen LogP) is 2.59. The van der Waals surface area contributed by atoms with E-state index in [1.807, 2.05) is 14.0 Å².